The van der Waals surface area contributed by atoms with E-state index in [1.54, 1.807) is 13.0 Å². The van der Waals surface area contributed by atoms with Gasteiger partial charge >= 0.3 is 0 Å². The van der Waals surface area contributed by atoms with E-state index in [9.17, 15) is 17.6 Å². The molecule has 4 nitrogen and oxygen atoms in total. The summed E-state index contributed by atoms with van der Waals surface area (Å²) in [4.78, 5) is 12.2. The van der Waals surface area contributed by atoms with Gasteiger partial charge in [0.1, 0.15) is 5.82 Å². The van der Waals surface area contributed by atoms with E-state index in [0.29, 0.717) is 11.3 Å². The van der Waals surface area contributed by atoms with Gasteiger partial charge in [-0.1, -0.05) is 6.07 Å². The molecule has 0 spiro atoms. The molecule has 2 aromatic carbocycles. The first-order valence-electron chi connectivity index (χ1n) is 6.15. The van der Waals surface area contributed by atoms with Gasteiger partial charge in [0.05, 0.1) is 4.90 Å². The zero-order valence-electron chi connectivity index (χ0n) is 11.6. The lowest BCUT2D eigenvalue weighted by molar-refractivity contribution is 0.102. The first-order valence-corrected chi connectivity index (χ1v) is 8.04. The van der Waals surface area contributed by atoms with Crippen LogP contribution in [0.2, 0.25) is 0 Å². The molecule has 0 saturated carbocycles. The molecule has 0 aliphatic heterocycles. The molecule has 0 aliphatic carbocycles. The van der Waals surface area contributed by atoms with E-state index in [1.807, 2.05) is 0 Å². The van der Waals surface area contributed by atoms with Crippen LogP contribution in [-0.2, 0) is 9.84 Å². The molecule has 0 aliphatic rings. The highest BCUT2D eigenvalue weighted by molar-refractivity contribution is 7.90. The summed E-state index contributed by atoms with van der Waals surface area (Å²) in [6, 6.07) is 9.62. The van der Waals surface area contributed by atoms with Gasteiger partial charge < -0.3 is 5.32 Å². The van der Waals surface area contributed by atoms with Crippen molar-refractivity contribution in [2.45, 2.75) is 11.8 Å². The van der Waals surface area contributed by atoms with Crippen LogP contribution in [0, 0.1) is 12.7 Å². The summed E-state index contributed by atoms with van der Waals surface area (Å²) < 4.78 is 35.9. The predicted molar refractivity (Wildman–Crippen MR) is 78.6 cm³/mol. The molecule has 0 heterocycles. The molecule has 0 atom stereocenters. The summed E-state index contributed by atoms with van der Waals surface area (Å²) in [7, 11) is -3.35. The first-order chi connectivity index (χ1) is 9.77. The highest BCUT2D eigenvalue weighted by Crippen LogP contribution is 2.21. The number of aryl methyl sites for hydroxylation is 1. The zero-order valence-corrected chi connectivity index (χ0v) is 12.4. The second-order valence-corrected chi connectivity index (χ2v) is 6.73. The van der Waals surface area contributed by atoms with Crippen LogP contribution >= 0.6 is 0 Å². The van der Waals surface area contributed by atoms with Crippen molar-refractivity contribution in [3.8, 4) is 0 Å². The minimum atomic E-state index is -3.35. The topological polar surface area (TPSA) is 63.2 Å². The Kier molecular flexibility index (Phi) is 4.09. The van der Waals surface area contributed by atoms with Crippen LogP contribution in [-0.4, -0.2) is 20.6 Å². The van der Waals surface area contributed by atoms with Crippen molar-refractivity contribution < 1.29 is 17.6 Å². The minimum absolute atomic E-state index is 0.127. The van der Waals surface area contributed by atoms with Gasteiger partial charge in [-0.25, -0.2) is 12.8 Å². The van der Waals surface area contributed by atoms with Crippen LogP contribution in [0.3, 0.4) is 0 Å². The third-order valence-electron chi connectivity index (χ3n) is 2.99. The Morgan fingerprint density at radius 3 is 2.29 bits per heavy atom. The Balaban J connectivity index is 2.31. The predicted octanol–water partition coefficient (Wildman–Crippen LogP) is 2.79. The number of sulfone groups is 1. The molecule has 0 saturated heterocycles. The van der Waals surface area contributed by atoms with E-state index in [4.69, 9.17) is 0 Å². The van der Waals surface area contributed by atoms with Gasteiger partial charge in [-0.2, -0.15) is 0 Å². The SMILES string of the molecule is Cc1ccc(S(C)(=O)=O)cc1NC(=O)c1ccc(F)cc1. The van der Waals surface area contributed by atoms with Crippen molar-refractivity contribution in [2.75, 3.05) is 11.6 Å². The third kappa shape index (κ3) is 3.66. The van der Waals surface area contributed by atoms with Gasteiger partial charge in [-0.3, -0.25) is 4.79 Å². The van der Waals surface area contributed by atoms with E-state index in [1.165, 1.54) is 36.4 Å². The van der Waals surface area contributed by atoms with Gasteiger partial charge in [0.2, 0.25) is 0 Å². The molecule has 1 N–H and O–H groups in total. The molecule has 2 aromatic rings. The Hall–Kier alpha value is -2.21. The number of carbonyl (C=O) groups excluding carboxylic acids is 1. The molecular weight excluding hydrogens is 293 g/mol. The highest BCUT2D eigenvalue weighted by Gasteiger charge is 2.12. The number of benzene rings is 2. The van der Waals surface area contributed by atoms with Crippen molar-refractivity contribution in [3.63, 3.8) is 0 Å². The maximum Gasteiger partial charge on any atom is 0.255 e. The fourth-order valence-corrected chi connectivity index (χ4v) is 2.41. The minimum Gasteiger partial charge on any atom is -0.322 e. The fourth-order valence-electron chi connectivity index (χ4n) is 1.76. The molecule has 110 valence electrons. The molecule has 21 heavy (non-hydrogen) atoms. The average molecular weight is 307 g/mol. The number of hydrogen-bond acceptors (Lipinski definition) is 3. The number of rotatable bonds is 3. The van der Waals surface area contributed by atoms with E-state index in [2.05, 4.69) is 5.32 Å². The van der Waals surface area contributed by atoms with E-state index in [-0.39, 0.29) is 4.90 Å². The second-order valence-electron chi connectivity index (χ2n) is 4.71. The molecule has 0 radical (unpaired) electrons. The first kappa shape index (κ1) is 15.2. The van der Waals surface area contributed by atoms with Crippen LogP contribution < -0.4 is 5.32 Å². The number of hydrogen-bond donors (Lipinski definition) is 1. The quantitative estimate of drug-likeness (QED) is 0.948. The molecule has 0 bridgehead atoms. The Bertz CT molecular complexity index is 783. The largest absolute Gasteiger partial charge is 0.322 e. The summed E-state index contributed by atoms with van der Waals surface area (Å²) in [5, 5.41) is 2.63. The maximum absolute atomic E-state index is 12.8. The normalized spacial score (nSPS) is 11.2. The van der Waals surface area contributed by atoms with Gasteiger partial charge in [0.15, 0.2) is 9.84 Å². The molecule has 0 aromatic heterocycles. The van der Waals surface area contributed by atoms with E-state index in [0.717, 1.165) is 11.8 Å². The molecule has 6 heteroatoms. The number of anilines is 1. The van der Waals surface area contributed by atoms with E-state index >= 15 is 0 Å². The van der Waals surface area contributed by atoms with Gasteiger partial charge in [0.25, 0.3) is 5.91 Å². The zero-order chi connectivity index (χ0) is 15.6. The van der Waals surface area contributed by atoms with Crippen molar-refractivity contribution >= 4 is 21.4 Å². The number of carbonyl (C=O) groups is 1. The van der Waals surface area contributed by atoms with Crippen molar-refractivity contribution in [2.24, 2.45) is 0 Å². The lowest BCUT2D eigenvalue weighted by Gasteiger charge is -2.10. The summed E-state index contributed by atoms with van der Waals surface area (Å²) >= 11 is 0. The van der Waals surface area contributed by atoms with Crippen molar-refractivity contribution in [1.82, 2.24) is 0 Å². The summed E-state index contributed by atoms with van der Waals surface area (Å²) in [6.07, 6.45) is 1.10. The molecular formula is C15H14FNO3S. The van der Waals surface area contributed by atoms with Gasteiger partial charge in [-0.05, 0) is 48.9 Å². The third-order valence-corrected chi connectivity index (χ3v) is 4.10. The number of halogens is 1. The maximum atomic E-state index is 12.8. The van der Waals surface area contributed by atoms with Crippen LogP contribution in [0.5, 0.6) is 0 Å². The van der Waals surface area contributed by atoms with Crippen LogP contribution in [0.25, 0.3) is 0 Å². The monoisotopic (exact) mass is 307 g/mol. The molecule has 0 fully saturated rings. The summed E-state index contributed by atoms with van der Waals surface area (Å²) in [5.74, 6) is -0.856. The second kappa shape index (κ2) is 5.65. The Labute approximate surface area is 122 Å². The smallest absolute Gasteiger partial charge is 0.255 e. The molecule has 2 rings (SSSR count). The number of nitrogens with one attached hydrogen (secondary N) is 1. The van der Waals surface area contributed by atoms with E-state index < -0.39 is 21.6 Å². The average Bonchev–Trinajstić information content (AvgIpc) is 2.40. The van der Waals surface area contributed by atoms with Crippen LogP contribution in [0.4, 0.5) is 10.1 Å². The van der Waals surface area contributed by atoms with Crippen molar-refractivity contribution in [1.29, 1.82) is 0 Å². The molecule has 1 amide bonds. The van der Waals surface area contributed by atoms with Crippen LogP contribution in [0.15, 0.2) is 47.4 Å². The molecule has 0 unspecified atom stereocenters. The Morgan fingerprint density at radius 2 is 1.71 bits per heavy atom. The summed E-state index contributed by atoms with van der Waals surface area (Å²) in [6.45, 7) is 1.76. The standard InChI is InChI=1S/C15H14FNO3S/c1-10-3-8-13(21(2,19)20)9-14(10)17-15(18)11-4-6-12(16)7-5-11/h3-9H,1-2H3,(H,17,18). The van der Waals surface area contributed by atoms with Gasteiger partial charge in [-0.15, -0.1) is 0 Å². The lowest BCUT2D eigenvalue weighted by atomic mass is 10.1. The summed E-state index contributed by atoms with van der Waals surface area (Å²) in [5.41, 5.74) is 1.44. The highest BCUT2D eigenvalue weighted by atomic mass is 32.2. The lowest BCUT2D eigenvalue weighted by Crippen LogP contribution is -2.13. The number of amides is 1. The van der Waals surface area contributed by atoms with Gasteiger partial charge in [0, 0.05) is 17.5 Å². The fraction of sp³-hybridized carbons (Fsp3) is 0.133. The van der Waals surface area contributed by atoms with Crippen LogP contribution in [0.1, 0.15) is 15.9 Å². The Morgan fingerprint density at radius 1 is 1.10 bits per heavy atom. The van der Waals surface area contributed by atoms with Crippen molar-refractivity contribution in [3.05, 3.63) is 59.4 Å².